The minimum Gasteiger partial charge on any atom is -0.381 e. The lowest BCUT2D eigenvalue weighted by Crippen LogP contribution is -2.14. The summed E-state index contributed by atoms with van der Waals surface area (Å²) in [6, 6.07) is 1.90. The molecular formula is C15H18N4O3. The summed E-state index contributed by atoms with van der Waals surface area (Å²) in [7, 11) is 0. The molecular weight excluding hydrogens is 284 g/mol. The number of rotatable bonds is 4. The second-order valence-electron chi connectivity index (χ2n) is 5.94. The normalized spacial score (nSPS) is 19.3. The Morgan fingerprint density at radius 2 is 2.05 bits per heavy atom. The molecule has 0 radical (unpaired) electrons. The van der Waals surface area contributed by atoms with E-state index in [1.807, 2.05) is 6.07 Å². The monoisotopic (exact) mass is 302 g/mol. The van der Waals surface area contributed by atoms with E-state index in [1.54, 1.807) is 0 Å². The van der Waals surface area contributed by atoms with Gasteiger partial charge in [-0.1, -0.05) is 5.16 Å². The zero-order valence-electron chi connectivity index (χ0n) is 12.2. The largest absolute Gasteiger partial charge is 0.381 e. The first-order valence-electron chi connectivity index (χ1n) is 7.70. The molecule has 0 spiro atoms. The Kier molecular flexibility index (Phi) is 3.42. The van der Waals surface area contributed by atoms with Gasteiger partial charge in [0.05, 0.1) is 5.69 Å². The van der Waals surface area contributed by atoms with Crippen LogP contribution in [0.2, 0.25) is 0 Å². The Morgan fingerprint density at radius 1 is 1.23 bits per heavy atom. The van der Waals surface area contributed by atoms with E-state index in [-0.39, 0.29) is 5.91 Å². The lowest BCUT2D eigenvalue weighted by molar-refractivity contribution is 0.0845. The fraction of sp³-hybridized carbons (Fsp3) is 0.533. The smallest absolute Gasteiger partial charge is 0.262 e. The summed E-state index contributed by atoms with van der Waals surface area (Å²) in [6.45, 7) is 1.55. The highest BCUT2D eigenvalue weighted by Gasteiger charge is 2.31. The number of nitrogens with zero attached hydrogens (tertiary/aromatic N) is 2. The predicted molar refractivity (Wildman–Crippen MR) is 77.8 cm³/mol. The van der Waals surface area contributed by atoms with E-state index in [2.05, 4.69) is 20.7 Å². The van der Waals surface area contributed by atoms with Crippen molar-refractivity contribution in [3.8, 4) is 0 Å². The van der Waals surface area contributed by atoms with Gasteiger partial charge in [0.25, 0.3) is 5.91 Å². The van der Waals surface area contributed by atoms with Crippen molar-refractivity contribution < 1.29 is 14.1 Å². The molecule has 1 saturated heterocycles. The molecule has 2 fully saturated rings. The van der Waals surface area contributed by atoms with Crippen LogP contribution >= 0.6 is 0 Å². The maximum absolute atomic E-state index is 12.3. The second kappa shape index (κ2) is 5.57. The minimum atomic E-state index is -0.215. The number of H-pyrrole nitrogens is 1. The van der Waals surface area contributed by atoms with Crippen LogP contribution in [-0.4, -0.2) is 34.5 Å². The summed E-state index contributed by atoms with van der Waals surface area (Å²) < 4.78 is 10.3. The van der Waals surface area contributed by atoms with Crippen molar-refractivity contribution in [1.29, 1.82) is 0 Å². The zero-order valence-corrected chi connectivity index (χ0v) is 12.2. The molecule has 1 aliphatic carbocycles. The van der Waals surface area contributed by atoms with Gasteiger partial charge in [-0.2, -0.15) is 5.10 Å². The highest BCUT2D eigenvalue weighted by Crippen LogP contribution is 2.40. The summed E-state index contributed by atoms with van der Waals surface area (Å²) in [6.07, 6.45) is 5.52. The Morgan fingerprint density at radius 3 is 2.82 bits per heavy atom. The Hall–Kier alpha value is -2.15. The number of carbonyl (C=O) groups is 1. The van der Waals surface area contributed by atoms with Crippen molar-refractivity contribution in [1.82, 2.24) is 15.4 Å². The van der Waals surface area contributed by atoms with E-state index in [0.29, 0.717) is 23.2 Å². The van der Waals surface area contributed by atoms with E-state index >= 15 is 0 Å². The number of aromatic amines is 1. The number of aromatic nitrogens is 3. The number of amides is 1. The van der Waals surface area contributed by atoms with E-state index in [9.17, 15) is 4.79 Å². The summed E-state index contributed by atoms with van der Waals surface area (Å²) in [5, 5.41) is 14.0. The summed E-state index contributed by atoms with van der Waals surface area (Å²) in [4.78, 5) is 12.3. The Bertz CT molecular complexity index is 668. The van der Waals surface area contributed by atoms with Gasteiger partial charge in [0.15, 0.2) is 5.82 Å². The third-order valence-electron chi connectivity index (χ3n) is 4.31. The molecule has 0 atom stereocenters. The number of nitrogens with one attached hydrogen (secondary N) is 2. The molecule has 4 rings (SSSR count). The third kappa shape index (κ3) is 2.64. The number of ether oxygens (including phenoxy) is 1. The van der Waals surface area contributed by atoms with Gasteiger partial charge in [-0.3, -0.25) is 9.89 Å². The van der Waals surface area contributed by atoms with Crippen molar-refractivity contribution in [2.24, 2.45) is 0 Å². The maximum atomic E-state index is 12.3. The molecule has 2 aromatic heterocycles. The molecule has 1 saturated carbocycles. The van der Waals surface area contributed by atoms with Crippen LogP contribution in [-0.2, 0) is 4.74 Å². The fourth-order valence-electron chi connectivity index (χ4n) is 2.87. The number of anilines is 1. The van der Waals surface area contributed by atoms with Gasteiger partial charge in [0.1, 0.15) is 11.8 Å². The Labute approximate surface area is 127 Å². The zero-order chi connectivity index (χ0) is 14.9. The lowest BCUT2D eigenvalue weighted by Gasteiger charge is -2.20. The lowest BCUT2D eigenvalue weighted by atomic mass is 9.97. The minimum absolute atomic E-state index is 0.215. The number of carbonyl (C=O) groups excluding carboxylic acids is 1. The summed E-state index contributed by atoms with van der Waals surface area (Å²) in [5.41, 5.74) is 2.32. The van der Waals surface area contributed by atoms with E-state index < -0.39 is 0 Å². The predicted octanol–water partition coefficient (Wildman–Crippen LogP) is 2.42. The average molecular weight is 302 g/mol. The van der Waals surface area contributed by atoms with Crippen LogP contribution in [0.25, 0.3) is 0 Å². The molecule has 7 heteroatoms. The molecule has 2 N–H and O–H groups in total. The van der Waals surface area contributed by atoms with Gasteiger partial charge in [0, 0.05) is 36.8 Å². The van der Waals surface area contributed by atoms with Crippen molar-refractivity contribution >= 4 is 11.7 Å². The Balaban J connectivity index is 1.45. The second-order valence-corrected chi connectivity index (χ2v) is 5.94. The van der Waals surface area contributed by atoms with Gasteiger partial charge in [-0.05, 0) is 25.7 Å². The summed E-state index contributed by atoms with van der Waals surface area (Å²) >= 11 is 0. The van der Waals surface area contributed by atoms with Gasteiger partial charge in [0.2, 0.25) is 0 Å². The van der Waals surface area contributed by atoms with Crippen LogP contribution in [0.3, 0.4) is 0 Å². The average Bonchev–Trinajstić information content (AvgIpc) is 3.09. The van der Waals surface area contributed by atoms with Crippen LogP contribution < -0.4 is 5.32 Å². The third-order valence-corrected chi connectivity index (χ3v) is 4.31. The van der Waals surface area contributed by atoms with Gasteiger partial charge < -0.3 is 14.6 Å². The SMILES string of the molecule is O=C(Nc1cc(C2CCOCC2)[nH]n1)c1conc1C1CC1. The van der Waals surface area contributed by atoms with Crippen molar-refractivity contribution in [3.05, 3.63) is 29.3 Å². The van der Waals surface area contributed by atoms with Crippen LogP contribution in [0.4, 0.5) is 5.82 Å². The molecule has 2 aliphatic rings. The molecule has 1 amide bonds. The van der Waals surface area contributed by atoms with Crippen LogP contribution in [0.5, 0.6) is 0 Å². The molecule has 7 nitrogen and oxygen atoms in total. The first-order valence-corrected chi connectivity index (χ1v) is 7.70. The van der Waals surface area contributed by atoms with E-state index in [4.69, 9.17) is 9.26 Å². The molecule has 0 unspecified atom stereocenters. The fourth-order valence-corrected chi connectivity index (χ4v) is 2.87. The standard InChI is InChI=1S/C15H18N4O3/c20-15(11-8-22-19-14(11)10-1-2-10)16-13-7-12(17-18-13)9-3-5-21-6-4-9/h7-10H,1-6H2,(H2,16,17,18,20). The van der Waals surface area contributed by atoms with Crippen molar-refractivity contribution in [2.45, 2.75) is 37.5 Å². The maximum Gasteiger partial charge on any atom is 0.262 e. The molecule has 1 aliphatic heterocycles. The topological polar surface area (TPSA) is 93.0 Å². The van der Waals surface area contributed by atoms with Crippen molar-refractivity contribution in [3.63, 3.8) is 0 Å². The summed E-state index contributed by atoms with van der Waals surface area (Å²) in [5.74, 6) is 1.11. The molecule has 0 bridgehead atoms. The quantitative estimate of drug-likeness (QED) is 0.904. The highest BCUT2D eigenvalue weighted by atomic mass is 16.5. The number of hydrogen-bond acceptors (Lipinski definition) is 5. The first-order chi connectivity index (χ1) is 10.8. The molecule has 22 heavy (non-hydrogen) atoms. The van der Waals surface area contributed by atoms with Gasteiger partial charge >= 0.3 is 0 Å². The molecule has 2 aromatic rings. The molecule has 0 aromatic carbocycles. The van der Waals surface area contributed by atoms with E-state index in [0.717, 1.165) is 50.3 Å². The van der Waals surface area contributed by atoms with E-state index in [1.165, 1.54) is 6.26 Å². The van der Waals surface area contributed by atoms with Crippen LogP contribution in [0, 0.1) is 0 Å². The highest BCUT2D eigenvalue weighted by molar-refractivity contribution is 6.04. The van der Waals surface area contributed by atoms with Gasteiger partial charge in [-0.25, -0.2) is 0 Å². The molecule has 3 heterocycles. The van der Waals surface area contributed by atoms with Gasteiger partial charge in [-0.15, -0.1) is 0 Å². The van der Waals surface area contributed by atoms with Crippen LogP contribution in [0.1, 0.15) is 59.3 Å². The first kappa shape index (κ1) is 13.5. The van der Waals surface area contributed by atoms with Crippen molar-refractivity contribution in [2.75, 3.05) is 18.5 Å². The van der Waals surface area contributed by atoms with Crippen LogP contribution in [0.15, 0.2) is 16.9 Å². The molecule has 116 valence electrons. The number of hydrogen-bond donors (Lipinski definition) is 2.